The van der Waals surface area contributed by atoms with Gasteiger partial charge >= 0.3 is 0 Å². The van der Waals surface area contributed by atoms with E-state index in [2.05, 4.69) is 37.8 Å². The van der Waals surface area contributed by atoms with Crippen molar-refractivity contribution in [3.63, 3.8) is 0 Å². The molecule has 9 heteroatoms. The smallest absolute Gasteiger partial charge is 0.229 e. The third-order valence-corrected chi connectivity index (χ3v) is 6.03. The SMILES string of the molecule is CCCCCCCCCCCCOCCCNc1nc(NCc2ccco2)nc(NCc2ccco2)n1. The van der Waals surface area contributed by atoms with Gasteiger partial charge < -0.3 is 29.5 Å². The molecule has 0 atom stereocenters. The number of ether oxygens (including phenoxy) is 1. The van der Waals surface area contributed by atoms with E-state index in [1.807, 2.05) is 24.3 Å². The molecule has 37 heavy (non-hydrogen) atoms. The predicted octanol–water partition coefficient (Wildman–Crippen LogP) is 7.02. The number of anilines is 3. The van der Waals surface area contributed by atoms with E-state index < -0.39 is 0 Å². The summed E-state index contributed by atoms with van der Waals surface area (Å²) >= 11 is 0. The van der Waals surface area contributed by atoms with Crippen LogP contribution in [0.4, 0.5) is 17.8 Å². The third kappa shape index (κ3) is 12.6. The average Bonchev–Trinajstić information content (AvgIpc) is 3.63. The first-order valence-corrected chi connectivity index (χ1v) is 13.9. The standard InChI is InChI=1S/C28H44N6O3/c1-2-3-4-5-6-7-8-9-10-11-18-35-19-14-17-29-26-32-27(30-22-24-15-12-20-36-24)34-28(33-26)31-23-25-16-13-21-37-25/h12-13,15-16,20-21H,2-11,14,17-19,22-23H2,1H3,(H3,29,30,31,32,33,34). The fourth-order valence-electron chi connectivity index (χ4n) is 3.94. The number of furan rings is 2. The minimum absolute atomic E-state index is 0.466. The number of rotatable bonds is 22. The van der Waals surface area contributed by atoms with Crippen molar-refractivity contribution in [3.8, 4) is 0 Å². The second-order valence-corrected chi connectivity index (χ2v) is 9.25. The first-order valence-electron chi connectivity index (χ1n) is 13.9. The normalized spacial score (nSPS) is 11.1. The van der Waals surface area contributed by atoms with Crippen LogP contribution in [0, 0.1) is 0 Å². The van der Waals surface area contributed by atoms with Crippen LogP contribution in [0.25, 0.3) is 0 Å². The van der Waals surface area contributed by atoms with Gasteiger partial charge in [-0.2, -0.15) is 15.0 Å². The monoisotopic (exact) mass is 512 g/mol. The summed E-state index contributed by atoms with van der Waals surface area (Å²) in [6.07, 6.45) is 17.6. The zero-order valence-electron chi connectivity index (χ0n) is 22.3. The second kappa shape index (κ2) is 18.2. The molecular weight excluding hydrogens is 468 g/mol. The van der Waals surface area contributed by atoms with Crippen LogP contribution in [0.2, 0.25) is 0 Å². The Morgan fingerprint density at radius 2 is 1.11 bits per heavy atom. The van der Waals surface area contributed by atoms with E-state index >= 15 is 0 Å². The summed E-state index contributed by atoms with van der Waals surface area (Å²) < 4.78 is 16.6. The minimum Gasteiger partial charge on any atom is -0.467 e. The maximum absolute atomic E-state index is 5.81. The minimum atomic E-state index is 0.466. The molecule has 3 aromatic rings. The summed E-state index contributed by atoms with van der Waals surface area (Å²) in [6.45, 7) is 5.53. The number of aromatic nitrogens is 3. The van der Waals surface area contributed by atoms with E-state index in [1.54, 1.807) is 12.5 Å². The van der Waals surface area contributed by atoms with E-state index in [4.69, 9.17) is 13.6 Å². The molecular formula is C28H44N6O3. The highest BCUT2D eigenvalue weighted by atomic mass is 16.5. The third-order valence-electron chi connectivity index (χ3n) is 6.03. The van der Waals surface area contributed by atoms with E-state index in [0.717, 1.165) is 44.1 Å². The van der Waals surface area contributed by atoms with E-state index in [-0.39, 0.29) is 0 Å². The lowest BCUT2D eigenvalue weighted by Crippen LogP contribution is -2.14. The summed E-state index contributed by atoms with van der Waals surface area (Å²) in [5.74, 6) is 3.05. The van der Waals surface area contributed by atoms with Gasteiger partial charge in [-0.3, -0.25) is 0 Å². The first-order chi connectivity index (χ1) is 18.3. The van der Waals surface area contributed by atoms with E-state index in [0.29, 0.717) is 30.9 Å². The average molecular weight is 513 g/mol. The van der Waals surface area contributed by atoms with Crippen LogP contribution < -0.4 is 16.0 Å². The van der Waals surface area contributed by atoms with Gasteiger partial charge in [0.05, 0.1) is 25.6 Å². The molecule has 0 unspecified atom stereocenters. The number of nitrogens with zero attached hydrogens (tertiary/aromatic N) is 3. The molecule has 0 saturated heterocycles. The second-order valence-electron chi connectivity index (χ2n) is 9.25. The zero-order chi connectivity index (χ0) is 25.8. The van der Waals surface area contributed by atoms with Crippen LogP contribution >= 0.6 is 0 Å². The molecule has 0 aliphatic heterocycles. The Labute approximate surface area is 221 Å². The van der Waals surface area contributed by atoms with Crippen molar-refractivity contribution in [2.75, 3.05) is 35.7 Å². The highest BCUT2D eigenvalue weighted by Gasteiger charge is 2.08. The maximum Gasteiger partial charge on any atom is 0.229 e. The summed E-state index contributed by atoms with van der Waals surface area (Å²) in [5, 5.41) is 9.67. The van der Waals surface area contributed by atoms with Gasteiger partial charge in [0.15, 0.2) is 0 Å². The van der Waals surface area contributed by atoms with Crippen molar-refractivity contribution in [1.29, 1.82) is 0 Å². The maximum atomic E-state index is 5.81. The van der Waals surface area contributed by atoms with Crippen LogP contribution in [-0.4, -0.2) is 34.7 Å². The van der Waals surface area contributed by atoms with E-state index in [9.17, 15) is 0 Å². The van der Waals surface area contributed by atoms with Gasteiger partial charge in [0.25, 0.3) is 0 Å². The molecule has 0 bridgehead atoms. The Balaban J connectivity index is 1.29. The summed E-state index contributed by atoms with van der Waals surface area (Å²) in [7, 11) is 0. The quantitative estimate of drug-likeness (QED) is 0.122. The molecule has 0 aromatic carbocycles. The molecule has 204 valence electrons. The van der Waals surface area contributed by atoms with E-state index in [1.165, 1.54) is 57.8 Å². The Hall–Kier alpha value is -3.07. The van der Waals surface area contributed by atoms with Gasteiger partial charge in [0, 0.05) is 19.8 Å². The lowest BCUT2D eigenvalue weighted by molar-refractivity contribution is 0.129. The van der Waals surface area contributed by atoms with Crippen LogP contribution in [0.1, 0.15) is 89.1 Å². The highest BCUT2D eigenvalue weighted by molar-refractivity contribution is 5.42. The van der Waals surface area contributed by atoms with Crippen molar-refractivity contribution in [1.82, 2.24) is 15.0 Å². The number of hydrogen-bond acceptors (Lipinski definition) is 9. The topological polar surface area (TPSA) is 110 Å². The van der Waals surface area contributed by atoms with Gasteiger partial charge in [-0.05, 0) is 37.1 Å². The van der Waals surface area contributed by atoms with Gasteiger partial charge in [-0.15, -0.1) is 0 Å². The van der Waals surface area contributed by atoms with Crippen LogP contribution in [-0.2, 0) is 17.8 Å². The van der Waals surface area contributed by atoms with Crippen molar-refractivity contribution in [2.45, 2.75) is 90.6 Å². The molecule has 3 heterocycles. The zero-order valence-corrected chi connectivity index (χ0v) is 22.3. The lowest BCUT2D eigenvalue weighted by Gasteiger charge is -2.11. The molecule has 0 fully saturated rings. The Morgan fingerprint density at radius 3 is 1.62 bits per heavy atom. The fourth-order valence-corrected chi connectivity index (χ4v) is 3.94. The van der Waals surface area contributed by atoms with Crippen molar-refractivity contribution < 1.29 is 13.6 Å². The molecule has 3 aromatic heterocycles. The molecule has 0 spiro atoms. The van der Waals surface area contributed by atoms with Crippen molar-refractivity contribution in [2.24, 2.45) is 0 Å². The number of hydrogen-bond donors (Lipinski definition) is 3. The van der Waals surface area contributed by atoms with Gasteiger partial charge in [-0.1, -0.05) is 64.7 Å². The van der Waals surface area contributed by atoms with Crippen molar-refractivity contribution >= 4 is 17.8 Å². The molecule has 0 radical (unpaired) electrons. The molecule has 0 aliphatic rings. The number of unbranched alkanes of at least 4 members (excludes halogenated alkanes) is 9. The van der Waals surface area contributed by atoms with Crippen LogP contribution in [0.3, 0.4) is 0 Å². The van der Waals surface area contributed by atoms with Crippen LogP contribution in [0.15, 0.2) is 45.6 Å². The predicted molar refractivity (Wildman–Crippen MR) is 148 cm³/mol. The molecule has 0 amide bonds. The fraction of sp³-hybridized carbons (Fsp3) is 0.607. The van der Waals surface area contributed by atoms with Crippen LogP contribution in [0.5, 0.6) is 0 Å². The Morgan fingerprint density at radius 1 is 0.622 bits per heavy atom. The highest BCUT2D eigenvalue weighted by Crippen LogP contribution is 2.13. The molecule has 3 N–H and O–H groups in total. The van der Waals surface area contributed by atoms with Gasteiger partial charge in [-0.25, -0.2) is 0 Å². The first kappa shape index (κ1) is 28.5. The van der Waals surface area contributed by atoms with Gasteiger partial charge in [0.1, 0.15) is 11.5 Å². The Kier molecular flexibility index (Phi) is 14.0. The largest absolute Gasteiger partial charge is 0.467 e. The number of nitrogens with one attached hydrogen (secondary N) is 3. The molecule has 0 saturated carbocycles. The molecule has 9 nitrogen and oxygen atoms in total. The van der Waals surface area contributed by atoms with Crippen molar-refractivity contribution in [3.05, 3.63) is 48.3 Å². The molecule has 3 rings (SSSR count). The lowest BCUT2D eigenvalue weighted by atomic mass is 10.1. The molecule has 0 aliphatic carbocycles. The Bertz CT molecular complexity index is 877. The summed E-state index contributed by atoms with van der Waals surface area (Å²) in [4.78, 5) is 13.4. The summed E-state index contributed by atoms with van der Waals surface area (Å²) in [5.41, 5.74) is 0. The van der Waals surface area contributed by atoms with Gasteiger partial charge in [0.2, 0.25) is 17.8 Å². The summed E-state index contributed by atoms with van der Waals surface area (Å²) in [6, 6.07) is 7.51.